The van der Waals surface area contributed by atoms with Crippen molar-refractivity contribution in [3.8, 4) is 0 Å². The Kier molecular flexibility index (Phi) is 4.33. The van der Waals surface area contributed by atoms with Crippen LogP contribution in [-0.4, -0.2) is 48.5 Å². The van der Waals surface area contributed by atoms with E-state index in [9.17, 15) is 4.79 Å². The Labute approximate surface area is 133 Å². The quantitative estimate of drug-likeness (QED) is 0.788. The number of rotatable bonds is 2. The molecule has 4 heteroatoms. The van der Waals surface area contributed by atoms with E-state index in [4.69, 9.17) is 0 Å². The van der Waals surface area contributed by atoms with Crippen LogP contribution >= 0.6 is 0 Å². The van der Waals surface area contributed by atoms with E-state index < -0.39 is 0 Å². The van der Waals surface area contributed by atoms with Gasteiger partial charge in [-0.2, -0.15) is 0 Å². The van der Waals surface area contributed by atoms with Crippen molar-refractivity contribution >= 4 is 11.6 Å². The van der Waals surface area contributed by atoms with Gasteiger partial charge < -0.3 is 0 Å². The third-order valence-corrected chi connectivity index (χ3v) is 6.06. The zero-order valence-corrected chi connectivity index (χ0v) is 14.0. The number of piperidine rings is 1. The van der Waals surface area contributed by atoms with Crippen molar-refractivity contribution in [2.24, 2.45) is 5.92 Å². The Hall–Kier alpha value is -1.26. The Morgan fingerprint density at radius 2 is 1.91 bits per heavy atom. The molecule has 4 atom stereocenters. The summed E-state index contributed by atoms with van der Waals surface area (Å²) in [6, 6.07) is 4.88. The lowest BCUT2D eigenvalue weighted by molar-refractivity contribution is -0.132. The van der Waals surface area contributed by atoms with Crippen LogP contribution in [0.25, 0.3) is 0 Å². The van der Waals surface area contributed by atoms with E-state index in [1.54, 1.807) is 19.3 Å². The first kappa shape index (κ1) is 15.6. The Bertz CT molecular complexity index is 530. The highest BCUT2D eigenvalue weighted by atomic mass is 16.2. The molecule has 1 aromatic heterocycles. The molecule has 1 amide bonds. The van der Waals surface area contributed by atoms with Gasteiger partial charge in [0.25, 0.3) is 0 Å². The standard InChI is InChI=1S/C18H28N3O/c1-14(22)21(3,16-9-11-19-12-10-16)17-8-4-6-15-7-5-13-20(2)18(15)17/h9-12,15,17-18H,4-8,13H2,1-3H3/q+1. The summed E-state index contributed by atoms with van der Waals surface area (Å²) in [6.07, 6.45) is 9.91. The second kappa shape index (κ2) is 6.09. The highest BCUT2D eigenvalue weighted by Crippen LogP contribution is 2.41. The zero-order valence-electron chi connectivity index (χ0n) is 14.0. The molecule has 1 saturated heterocycles. The average Bonchev–Trinajstić information content (AvgIpc) is 2.54. The topological polar surface area (TPSA) is 33.2 Å². The molecule has 4 nitrogen and oxygen atoms in total. The fourth-order valence-electron chi connectivity index (χ4n) is 4.79. The lowest BCUT2D eigenvalue weighted by Crippen LogP contribution is -2.67. The van der Waals surface area contributed by atoms with E-state index in [1.165, 1.54) is 25.7 Å². The second-order valence-electron chi connectivity index (χ2n) is 7.17. The Morgan fingerprint density at radius 1 is 1.23 bits per heavy atom. The van der Waals surface area contributed by atoms with Crippen LogP contribution < -0.4 is 4.48 Å². The molecule has 1 saturated carbocycles. The summed E-state index contributed by atoms with van der Waals surface area (Å²) in [7, 11) is 4.35. The summed E-state index contributed by atoms with van der Waals surface area (Å²) in [4.78, 5) is 19.3. The minimum absolute atomic E-state index is 0.232. The number of pyridine rings is 1. The molecule has 1 aliphatic carbocycles. The third kappa shape index (κ3) is 2.48. The second-order valence-corrected chi connectivity index (χ2v) is 7.17. The third-order valence-electron chi connectivity index (χ3n) is 6.06. The molecular weight excluding hydrogens is 274 g/mol. The molecule has 1 aromatic rings. The molecule has 22 heavy (non-hydrogen) atoms. The van der Waals surface area contributed by atoms with Crippen molar-refractivity contribution in [2.75, 3.05) is 20.6 Å². The summed E-state index contributed by atoms with van der Waals surface area (Å²) >= 11 is 0. The summed E-state index contributed by atoms with van der Waals surface area (Å²) in [5, 5.41) is 0. The Morgan fingerprint density at radius 3 is 2.59 bits per heavy atom. The maximum absolute atomic E-state index is 12.7. The normalized spacial score (nSPS) is 32.0. The van der Waals surface area contributed by atoms with Gasteiger partial charge in [0.2, 0.25) is 0 Å². The first-order valence-corrected chi connectivity index (χ1v) is 8.53. The first-order chi connectivity index (χ1) is 10.5. The van der Waals surface area contributed by atoms with Crippen molar-refractivity contribution in [2.45, 2.75) is 51.1 Å². The maximum atomic E-state index is 12.7. The minimum Gasteiger partial charge on any atom is -0.298 e. The van der Waals surface area contributed by atoms with Crippen LogP contribution in [0.1, 0.15) is 39.0 Å². The molecule has 0 radical (unpaired) electrons. The van der Waals surface area contributed by atoms with E-state index in [0.717, 1.165) is 24.6 Å². The van der Waals surface area contributed by atoms with Crippen LogP contribution in [0.3, 0.4) is 0 Å². The predicted molar refractivity (Wildman–Crippen MR) is 89.4 cm³/mol. The average molecular weight is 302 g/mol. The van der Waals surface area contributed by atoms with Crippen molar-refractivity contribution in [1.29, 1.82) is 0 Å². The molecule has 120 valence electrons. The van der Waals surface area contributed by atoms with Gasteiger partial charge in [0.15, 0.2) is 0 Å². The number of carbonyl (C=O) groups excluding carboxylic acids is 1. The highest BCUT2D eigenvalue weighted by molar-refractivity contribution is 5.86. The van der Waals surface area contributed by atoms with Gasteiger partial charge in [0.1, 0.15) is 11.7 Å². The lowest BCUT2D eigenvalue weighted by Gasteiger charge is -2.51. The minimum atomic E-state index is 0.232. The van der Waals surface area contributed by atoms with Gasteiger partial charge in [-0.05, 0) is 45.2 Å². The number of likely N-dealkylation sites (N-methyl/N-ethyl adjacent to an activating group) is 2. The number of quaternary nitrogens is 1. The molecule has 3 rings (SSSR count). The lowest BCUT2D eigenvalue weighted by atomic mass is 9.74. The number of nitrogens with zero attached hydrogens (tertiary/aromatic N) is 3. The van der Waals surface area contributed by atoms with Gasteiger partial charge in [0, 0.05) is 30.9 Å². The van der Waals surface area contributed by atoms with E-state index in [2.05, 4.69) is 24.0 Å². The summed E-state index contributed by atoms with van der Waals surface area (Å²) in [5.74, 6) is 0.979. The largest absolute Gasteiger partial charge is 0.315 e. The monoisotopic (exact) mass is 302 g/mol. The summed E-state index contributed by atoms with van der Waals surface area (Å²) < 4.78 is 0.411. The molecule has 2 heterocycles. The van der Waals surface area contributed by atoms with Crippen LogP contribution in [0.2, 0.25) is 0 Å². The molecule has 0 aromatic carbocycles. The number of aromatic nitrogens is 1. The van der Waals surface area contributed by atoms with Crippen LogP contribution in [0.4, 0.5) is 5.69 Å². The molecule has 2 fully saturated rings. The van der Waals surface area contributed by atoms with Gasteiger partial charge in [-0.3, -0.25) is 9.88 Å². The van der Waals surface area contributed by atoms with E-state index in [1.807, 2.05) is 12.1 Å². The summed E-state index contributed by atoms with van der Waals surface area (Å²) in [5.41, 5.74) is 1.08. The Balaban J connectivity index is 2.02. The molecule has 4 unspecified atom stereocenters. The molecular formula is C18H28N3O+. The number of likely N-dealkylation sites (tertiary alicyclic amines) is 1. The fourth-order valence-corrected chi connectivity index (χ4v) is 4.79. The van der Waals surface area contributed by atoms with E-state index in [0.29, 0.717) is 16.6 Å². The van der Waals surface area contributed by atoms with Gasteiger partial charge in [0.05, 0.1) is 20.0 Å². The predicted octanol–water partition coefficient (Wildman–Crippen LogP) is 2.83. The van der Waals surface area contributed by atoms with Crippen LogP contribution in [-0.2, 0) is 4.79 Å². The number of fused-ring (bicyclic) bond motifs is 1. The van der Waals surface area contributed by atoms with Crippen molar-refractivity contribution in [1.82, 2.24) is 14.4 Å². The van der Waals surface area contributed by atoms with Gasteiger partial charge in [-0.25, -0.2) is 9.28 Å². The number of hydrogen-bond acceptors (Lipinski definition) is 3. The zero-order chi connectivity index (χ0) is 15.7. The molecule has 0 N–H and O–H groups in total. The van der Waals surface area contributed by atoms with Crippen LogP contribution in [0.15, 0.2) is 24.5 Å². The number of hydrogen-bond donors (Lipinski definition) is 0. The summed E-state index contributed by atoms with van der Waals surface area (Å²) in [6.45, 7) is 2.90. The highest BCUT2D eigenvalue weighted by Gasteiger charge is 2.50. The fraction of sp³-hybridized carbons (Fsp3) is 0.667. The number of carbonyl (C=O) groups is 1. The molecule has 2 aliphatic rings. The first-order valence-electron chi connectivity index (χ1n) is 8.53. The van der Waals surface area contributed by atoms with Crippen LogP contribution in [0.5, 0.6) is 0 Å². The van der Waals surface area contributed by atoms with Crippen molar-refractivity contribution < 1.29 is 4.79 Å². The SMILES string of the molecule is CC(=O)[N+](C)(c1ccncc1)C1CCCC2CCCN(C)C21. The number of amides is 1. The van der Waals surface area contributed by atoms with Gasteiger partial charge in [-0.1, -0.05) is 0 Å². The smallest absolute Gasteiger partial charge is 0.298 e. The van der Waals surface area contributed by atoms with Gasteiger partial charge in [-0.15, -0.1) is 0 Å². The van der Waals surface area contributed by atoms with E-state index >= 15 is 0 Å². The molecule has 1 aliphatic heterocycles. The van der Waals surface area contributed by atoms with Crippen molar-refractivity contribution in [3.63, 3.8) is 0 Å². The van der Waals surface area contributed by atoms with Crippen LogP contribution in [0, 0.1) is 5.92 Å². The van der Waals surface area contributed by atoms with E-state index in [-0.39, 0.29) is 5.91 Å². The maximum Gasteiger partial charge on any atom is 0.315 e. The molecule has 0 bridgehead atoms. The molecule has 0 spiro atoms. The van der Waals surface area contributed by atoms with Crippen molar-refractivity contribution in [3.05, 3.63) is 24.5 Å². The van der Waals surface area contributed by atoms with Gasteiger partial charge >= 0.3 is 5.91 Å².